The second kappa shape index (κ2) is 16.7. The van der Waals surface area contributed by atoms with Gasteiger partial charge >= 0.3 is 5.97 Å². The Labute approximate surface area is 248 Å². The molecular weight excluding hydrogens is 492 g/mol. The highest BCUT2D eigenvalue weighted by molar-refractivity contribution is 5.86. The fraction of sp³-hybridized carbons (Fsp3) is 0.919. The van der Waals surface area contributed by atoms with Crippen LogP contribution in [-0.4, -0.2) is 26.3 Å². The topological polar surface area (TPSA) is 35.5 Å². The van der Waals surface area contributed by atoms with Crippen LogP contribution in [-0.2, 0) is 14.3 Å². The van der Waals surface area contributed by atoms with Crippen LogP contribution in [0.4, 0.5) is 0 Å². The molecule has 0 bridgehead atoms. The number of carbonyl (C=O) groups is 1. The first-order valence-electron chi connectivity index (χ1n) is 17.8. The molecule has 0 aromatic heterocycles. The van der Waals surface area contributed by atoms with E-state index in [1.54, 1.807) is 52.6 Å². The molecule has 4 aliphatic rings. The van der Waals surface area contributed by atoms with Crippen LogP contribution in [0.3, 0.4) is 0 Å². The highest BCUT2D eigenvalue weighted by atomic mass is 16.5. The Bertz CT molecular complexity index is 729. The van der Waals surface area contributed by atoms with Gasteiger partial charge in [0.1, 0.15) is 0 Å². The third-order valence-corrected chi connectivity index (χ3v) is 12.4. The first kappa shape index (κ1) is 32.1. The summed E-state index contributed by atoms with van der Waals surface area (Å²) in [7, 11) is 1.77. The minimum Gasteiger partial charge on any atom is -0.462 e. The molecule has 230 valence electrons. The smallest absolute Gasteiger partial charge is 0.333 e. The minimum absolute atomic E-state index is 0.264. The molecular formula is C37H64O3. The largest absolute Gasteiger partial charge is 0.462 e. The molecule has 0 aromatic carbocycles. The van der Waals surface area contributed by atoms with Gasteiger partial charge in [0.05, 0.1) is 13.2 Å². The van der Waals surface area contributed by atoms with E-state index in [0.717, 1.165) is 41.4 Å². The lowest BCUT2D eigenvalue weighted by molar-refractivity contribution is -0.141. The third kappa shape index (κ3) is 9.34. The zero-order valence-corrected chi connectivity index (χ0v) is 26.7. The van der Waals surface area contributed by atoms with E-state index in [4.69, 9.17) is 9.47 Å². The summed E-state index contributed by atoms with van der Waals surface area (Å²) in [6, 6.07) is 0. The van der Waals surface area contributed by atoms with E-state index in [1.165, 1.54) is 89.9 Å². The summed E-state index contributed by atoms with van der Waals surface area (Å²) < 4.78 is 11.0. The van der Waals surface area contributed by atoms with E-state index in [-0.39, 0.29) is 5.97 Å². The maximum absolute atomic E-state index is 11.9. The molecule has 4 fully saturated rings. The van der Waals surface area contributed by atoms with Gasteiger partial charge in [0.15, 0.2) is 0 Å². The lowest BCUT2D eigenvalue weighted by atomic mass is 9.62. The lowest BCUT2D eigenvalue weighted by Crippen LogP contribution is -2.33. The van der Waals surface area contributed by atoms with Gasteiger partial charge in [-0.05, 0) is 144 Å². The van der Waals surface area contributed by atoms with Crippen molar-refractivity contribution in [2.45, 2.75) is 142 Å². The molecule has 0 saturated heterocycles. The molecule has 4 saturated carbocycles. The highest BCUT2D eigenvalue weighted by Gasteiger charge is 2.37. The second-order valence-electron chi connectivity index (χ2n) is 14.9. The number of hydrogen-bond acceptors (Lipinski definition) is 3. The molecule has 0 aromatic rings. The quantitative estimate of drug-likeness (QED) is 0.129. The van der Waals surface area contributed by atoms with Crippen molar-refractivity contribution < 1.29 is 14.3 Å². The fourth-order valence-electron chi connectivity index (χ4n) is 9.73. The van der Waals surface area contributed by atoms with Crippen LogP contribution >= 0.6 is 0 Å². The molecule has 0 spiro atoms. The van der Waals surface area contributed by atoms with Gasteiger partial charge in [0.25, 0.3) is 0 Å². The Kier molecular flexibility index (Phi) is 13.4. The van der Waals surface area contributed by atoms with Crippen LogP contribution in [0.25, 0.3) is 0 Å². The van der Waals surface area contributed by atoms with E-state index in [1.807, 2.05) is 0 Å². The summed E-state index contributed by atoms with van der Waals surface area (Å²) in [6.45, 7) is 8.93. The van der Waals surface area contributed by atoms with Crippen molar-refractivity contribution in [2.24, 2.45) is 53.3 Å². The number of hydrogen-bond donors (Lipinski definition) is 0. The van der Waals surface area contributed by atoms with E-state index in [0.29, 0.717) is 30.6 Å². The van der Waals surface area contributed by atoms with Crippen molar-refractivity contribution in [1.29, 1.82) is 0 Å². The van der Waals surface area contributed by atoms with Crippen LogP contribution < -0.4 is 0 Å². The third-order valence-electron chi connectivity index (χ3n) is 12.4. The Morgan fingerprint density at radius 1 is 0.675 bits per heavy atom. The number of rotatable bonds is 13. The molecule has 4 rings (SSSR count). The second-order valence-corrected chi connectivity index (χ2v) is 14.9. The molecule has 0 N–H and O–H groups in total. The maximum atomic E-state index is 11.9. The summed E-state index contributed by atoms with van der Waals surface area (Å²) >= 11 is 0. The first-order valence-corrected chi connectivity index (χ1v) is 17.8. The Morgan fingerprint density at radius 2 is 1.10 bits per heavy atom. The van der Waals surface area contributed by atoms with E-state index in [9.17, 15) is 4.79 Å². The average molecular weight is 557 g/mol. The van der Waals surface area contributed by atoms with E-state index in [2.05, 4.69) is 13.5 Å². The Morgan fingerprint density at radius 3 is 1.50 bits per heavy atom. The molecule has 1 unspecified atom stereocenters. The molecule has 3 heteroatoms. The molecule has 1 atom stereocenters. The molecule has 3 nitrogen and oxygen atoms in total. The van der Waals surface area contributed by atoms with Crippen LogP contribution in [0.2, 0.25) is 0 Å². The van der Waals surface area contributed by atoms with Crippen LogP contribution in [0.15, 0.2) is 12.2 Å². The minimum atomic E-state index is -0.264. The molecule has 0 aliphatic heterocycles. The van der Waals surface area contributed by atoms with Gasteiger partial charge in [-0.25, -0.2) is 4.79 Å². The van der Waals surface area contributed by atoms with Crippen molar-refractivity contribution in [1.82, 2.24) is 0 Å². The zero-order valence-electron chi connectivity index (χ0n) is 26.7. The molecule has 0 radical (unpaired) electrons. The number of ether oxygens (including phenoxy) is 2. The predicted molar refractivity (Wildman–Crippen MR) is 167 cm³/mol. The van der Waals surface area contributed by atoms with Gasteiger partial charge in [-0.3, -0.25) is 0 Å². The standard InChI is InChI=1S/C37H64O3/c1-5-6-7-8-28-9-11-29(12-10-28)30-13-15-31(16-14-30)32-17-19-33(20-18-32)34-21-23-35(24-22-34)36(25-39-4)26-40-37(38)27(2)3/h28-36H,2,5-26H2,1,3-4H3. The summed E-state index contributed by atoms with van der Waals surface area (Å²) in [5.74, 6) is 7.81. The van der Waals surface area contributed by atoms with Gasteiger partial charge in [-0.1, -0.05) is 52.0 Å². The van der Waals surface area contributed by atoms with E-state index < -0.39 is 0 Å². The van der Waals surface area contributed by atoms with Gasteiger partial charge in [0.2, 0.25) is 0 Å². The average Bonchev–Trinajstić information content (AvgIpc) is 3.00. The SMILES string of the molecule is C=C(C)C(=O)OCC(COC)C1CCC(C2CCC(C3CCC(C4CCC(CCCCC)CC4)CC3)CC2)CC1. The highest BCUT2D eigenvalue weighted by Crippen LogP contribution is 2.48. The number of methoxy groups -OCH3 is 1. The van der Waals surface area contributed by atoms with Crippen LogP contribution in [0, 0.1) is 53.3 Å². The predicted octanol–water partition coefficient (Wildman–Crippen LogP) is 10.2. The monoisotopic (exact) mass is 556 g/mol. The van der Waals surface area contributed by atoms with Gasteiger partial charge in [0, 0.05) is 18.6 Å². The van der Waals surface area contributed by atoms with Crippen molar-refractivity contribution in [2.75, 3.05) is 20.3 Å². The summed E-state index contributed by atoms with van der Waals surface area (Å²) in [5, 5.41) is 0. The summed E-state index contributed by atoms with van der Waals surface area (Å²) in [5.41, 5.74) is 0.485. The van der Waals surface area contributed by atoms with Crippen molar-refractivity contribution >= 4 is 5.97 Å². The first-order chi connectivity index (χ1) is 19.5. The Hall–Kier alpha value is -0.830. The van der Waals surface area contributed by atoms with Gasteiger partial charge < -0.3 is 9.47 Å². The Balaban J connectivity index is 1.11. The number of carbonyl (C=O) groups excluding carboxylic acids is 1. The molecule has 4 aliphatic carbocycles. The van der Waals surface area contributed by atoms with Crippen LogP contribution in [0.1, 0.15) is 142 Å². The molecule has 40 heavy (non-hydrogen) atoms. The fourth-order valence-corrected chi connectivity index (χ4v) is 9.73. The van der Waals surface area contributed by atoms with Gasteiger partial charge in [-0.15, -0.1) is 0 Å². The lowest BCUT2D eigenvalue weighted by Gasteiger charge is -2.43. The zero-order chi connectivity index (χ0) is 28.3. The van der Waals surface area contributed by atoms with E-state index >= 15 is 0 Å². The number of esters is 1. The van der Waals surface area contributed by atoms with Gasteiger partial charge in [-0.2, -0.15) is 0 Å². The normalized spacial score (nSPS) is 36.1. The van der Waals surface area contributed by atoms with Crippen LogP contribution in [0.5, 0.6) is 0 Å². The van der Waals surface area contributed by atoms with Crippen molar-refractivity contribution in [3.8, 4) is 0 Å². The maximum Gasteiger partial charge on any atom is 0.333 e. The number of unbranched alkanes of at least 4 members (excludes halogenated alkanes) is 2. The molecule has 0 amide bonds. The van der Waals surface area contributed by atoms with Crippen molar-refractivity contribution in [3.63, 3.8) is 0 Å². The summed E-state index contributed by atoms with van der Waals surface area (Å²) in [6.07, 6.45) is 29.4. The van der Waals surface area contributed by atoms with Crippen molar-refractivity contribution in [3.05, 3.63) is 12.2 Å². The molecule has 0 heterocycles. The summed E-state index contributed by atoms with van der Waals surface area (Å²) in [4.78, 5) is 11.9.